The van der Waals surface area contributed by atoms with Crippen molar-refractivity contribution in [1.29, 1.82) is 0 Å². The molecule has 0 saturated heterocycles. The Morgan fingerprint density at radius 1 is 0.385 bits per heavy atom. The Balaban J connectivity index is 1.40. The third-order valence-electron chi connectivity index (χ3n) is 7.09. The van der Waals surface area contributed by atoms with Crippen molar-refractivity contribution in [3.63, 3.8) is 0 Å². The molecule has 0 spiro atoms. The zero-order valence-corrected chi connectivity index (χ0v) is 21.7. The molecule has 0 N–H and O–H groups in total. The van der Waals surface area contributed by atoms with Crippen molar-refractivity contribution in [1.82, 2.24) is 15.0 Å². The lowest BCUT2D eigenvalue weighted by atomic mass is 9.95. The molecule has 6 aromatic carbocycles. The number of hydrogen-bond acceptors (Lipinski definition) is 3. The molecule has 0 radical (unpaired) electrons. The van der Waals surface area contributed by atoms with E-state index in [1.165, 1.54) is 5.56 Å². The van der Waals surface area contributed by atoms with Gasteiger partial charge in [-0.3, -0.25) is 0 Å². The molecule has 0 fully saturated rings. The van der Waals surface area contributed by atoms with Crippen LogP contribution >= 0.6 is 11.6 Å². The van der Waals surface area contributed by atoms with Gasteiger partial charge in [0.2, 0.25) is 5.28 Å². The van der Waals surface area contributed by atoms with E-state index in [0.29, 0.717) is 11.6 Å². The predicted molar refractivity (Wildman–Crippen MR) is 162 cm³/mol. The monoisotopic (exact) mass is 519 g/mol. The smallest absolute Gasteiger partial charge is 0.208 e. The minimum absolute atomic E-state index is 0.169. The molecule has 7 aromatic rings. The second-order valence-corrected chi connectivity index (χ2v) is 9.77. The van der Waals surface area contributed by atoms with E-state index in [0.717, 1.165) is 49.4 Å². The van der Waals surface area contributed by atoms with Crippen LogP contribution in [0, 0.1) is 0 Å². The number of nitrogens with zero attached hydrogens (tertiary/aromatic N) is 3. The average Bonchev–Trinajstić information content (AvgIpc) is 3.00. The third-order valence-corrected chi connectivity index (χ3v) is 7.26. The highest BCUT2D eigenvalue weighted by atomic mass is 35.5. The second kappa shape index (κ2) is 9.79. The Hall–Kier alpha value is -4.86. The highest BCUT2D eigenvalue weighted by molar-refractivity contribution is 6.28. The lowest BCUT2D eigenvalue weighted by Crippen LogP contribution is -1.98. The van der Waals surface area contributed by atoms with Gasteiger partial charge in [-0.2, -0.15) is 9.97 Å². The molecule has 0 saturated carbocycles. The standard InChI is InChI=1S/C35H22ClN3/c36-35-38-33(30-19-9-16-28-27(15-8-17-29(28)30)24-12-5-2-6-13-24)37-34(39-35)31-18-7-14-25-20-21-26(22-32(25)31)23-10-3-1-4-11-23/h1-22H. The third kappa shape index (κ3) is 4.33. The SMILES string of the molecule is Clc1nc(-c2cccc3ccc(-c4ccccc4)cc23)nc(-c2cccc3c(-c4ccccc4)cccc23)n1. The van der Waals surface area contributed by atoms with Gasteiger partial charge >= 0.3 is 0 Å². The molecule has 39 heavy (non-hydrogen) atoms. The quantitative estimate of drug-likeness (QED) is 0.232. The van der Waals surface area contributed by atoms with Gasteiger partial charge < -0.3 is 0 Å². The molecule has 3 nitrogen and oxygen atoms in total. The van der Waals surface area contributed by atoms with E-state index in [-0.39, 0.29) is 5.28 Å². The largest absolute Gasteiger partial charge is 0.226 e. The zero-order chi connectivity index (χ0) is 26.2. The maximum Gasteiger partial charge on any atom is 0.226 e. The van der Waals surface area contributed by atoms with Crippen molar-refractivity contribution in [3.8, 4) is 45.0 Å². The summed E-state index contributed by atoms with van der Waals surface area (Å²) >= 11 is 6.54. The Bertz CT molecular complexity index is 1940. The van der Waals surface area contributed by atoms with Crippen molar-refractivity contribution < 1.29 is 0 Å². The van der Waals surface area contributed by atoms with Gasteiger partial charge in [0, 0.05) is 11.1 Å². The normalized spacial score (nSPS) is 11.2. The molecule has 0 unspecified atom stereocenters. The van der Waals surface area contributed by atoms with Crippen LogP contribution in [0.5, 0.6) is 0 Å². The molecule has 0 aliphatic carbocycles. The van der Waals surface area contributed by atoms with Crippen molar-refractivity contribution in [2.24, 2.45) is 0 Å². The van der Waals surface area contributed by atoms with Crippen LogP contribution in [0.1, 0.15) is 0 Å². The van der Waals surface area contributed by atoms with Crippen LogP contribution in [-0.2, 0) is 0 Å². The van der Waals surface area contributed by atoms with Crippen molar-refractivity contribution >= 4 is 33.1 Å². The second-order valence-electron chi connectivity index (χ2n) is 9.43. The minimum Gasteiger partial charge on any atom is -0.208 e. The molecule has 0 aliphatic rings. The first-order valence-electron chi connectivity index (χ1n) is 12.8. The Morgan fingerprint density at radius 3 is 1.64 bits per heavy atom. The van der Waals surface area contributed by atoms with E-state index in [1.807, 2.05) is 36.4 Å². The first kappa shape index (κ1) is 23.3. The lowest BCUT2D eigenvalue weighted by molar-refractivity contribution is 1.07. The Morgan fingerprint density at radius 2 is 0.949 bits per heavy atom. The summed E-state index contributed by atoms with van der Waals surface area (Å²) in [5.74, 6) is 1.11. The minimum atomic E-state index is 0.169. The predicted octanol–water partition coefficient (Wildman–Crippen LogP) is 9.50. The summed E-state index contributed by atoms with van der Waals surface area (Å²) in [6, 6.07) is 46.0. The fourth-order valence-corrected chi connectivity index (χ4v) is 5.40. The van der Waals surface area contributed by atoms with Gasteiger partial charge in [-0.05, 0) is 61.5 Å². The van der Waals surface area contributed by atoms with Crippen LogP contribution in [0.4, 0.5) is 0 Å². The number of benzene rings is 6. The number of rotatable bonds is 4. The van der Waals surface area contributed by atoms with Crippen LogP contribution in [0.2, 0.25) is 5.28 Å². The van der Waals surface area contributed by atoms with Gasteiger partial charge in [-0.15, -0.1) is 0 Å². The molecule has 1 heterocycles. The van der Waals surface area contributed by atoms with Crippen molar-refractivity contribution in [3.05, 3.63) is 139 Å². The summed E-state index contributed by atoms with van der Waals surface area (Å²) in [5.41, 5.74) is 6.46. The van der Waals surface area contributed by atoms with Crippen molar-refractivity contribution in [2.75, 3.05) is 0 Å². The van der Waals surface area contributed by atoms with Crippen LogP contribution in [0.3, 0.4) is 0 Å². The molecule has 0 amide bonds. The molecular formula is C35H22ClN3. The van der Waals surface area contributed by atoms with E-state index in [9.17, 15) is 0 Å². The Labute approximate surface area is 231 Å². The fraction of sp³-hybridized carbons (Fsp3) is 0. The molecule has 0 aliphatic heterocycles. The summed E-state index contributed by atoms with van der Waals surface area (Å²) in [5, 5.41) is 4.55. The molecule has 1 aromatic heterocycles. The summed E-state index contributed by atoms with van der Waals surface area (Å²) in [4.78, 5) is 14.1. The highest BCUT2D eigenvalue weighted by Gasteiger charge is 2.15. The number of aromatic nitrogens is 3. The van der Waals surface area contributed by atoms with Gasteiger partial charge in [0.25, 0.3) is 0 Å². The molecule has 184 valence electrons. The van der Waals surface area contributed by atoms with E-state index in [2.05, 4.69) is 107 Å². The molecule has 0 bridgehead atoms. The molecular weight excluding hydrogens is 498 g/mol. The summed E-state index contributed by atoms with van der Waals surface area (Å²) < 4.78 is 0. The summed E-state index contributed by atoms with van der Waals surface area (Å²) in [7, 11) is 0. The first-order chi connectivity index (χ1) is 19.2. The Kier molecular flexibility index (Phi) is 5.84. The van der Waals surface area contributed by atoms with Crippen LogP contribution in [0.15, 0.2) is 133 Å². The van der Waals surface area contributed by atoms with Crippen LogP contribution in [-0.4, -0.2) is 15.0 Å². The first-order valence-corrected chi connectivity index (χ1v) is 13.2. The molecule has 0 atom stereocenters. The van der Waals surface area contributed by atoms with E-state index in [1.54, 1.807) is 0 Å². The van der Waals surface area contributed by atoms with Gasteiger partial charge in [-0.1, -0.05) is 127 Å². The molecule has 4 heteroatoms. The number of halogens is 1. The van der Waals surface area contributed by atoms with Crippen molar-refractivity contribution in [2.45, 2.75) is 0 Å². The van der Waals surface area contributed by atoms with Gasteiger partial charge in [0.15, 0.2) is 11.6 Å². The maximum atomic E-state index is 6.54. The van der Waals surface area contributed by atoms with E-state index in [4.69, 9.17) is 16.6 Å². The van der Waals surface area contributed by atoms with E-state index < -0.39 is 0 Å². The van der Waals surface area contributed by atoms with Crippen LogP contribution < -0.4 is 0 Å². The zero-order valence-electron chi connectivity index (χ0n) is 20.9. The topological polar surface area (TPSA) is 38.7 Å². The molecule has 7 rings (SSSR count). The average molecular weight is 520 g/mol. The van der Waals surface area contributed by atoms with Gasteiger partial charge in [0.1, 0.15) is 0 Å². The summed E-state index contributed by atoms with van der Waals surface area (Å²) in [6.45, 7) is 0. The lowest BCUT2D eigenvalue weighted by Gasteiger charge is -2.12. The van der Waals surface area contributed by atoms with Gasteiger partial charge in [-0.25, -0.2) is 4.98 Å². The van der Waals surface area contributed by atoms with E-state index >= 15 is 0 Å². The highest BCUT2D eigenvalue weighted by Crippen LogP contribution is 2.36. The number of fused-ring (bicyclic) bond motifs is 2. The summed E-state index contributed by atoms with van der Waals surface area (Å²) in [6.07, 6.45) is 0. The number of hydrogen-bond donors (Lipinski definition) is 0. The van der Waals surface area contributed by atoms with Gasteiger partial charge in [0.05, 0.1) is 0 Å². The maximum absolute atomic E-state index is 6.54. The van der Waals surface area contributed by atoms with Crippen LogP contribution in [0.25, 0.3) is 66.6 Å². The fourth-order valence-electron chi connectivity index (χ4n) is 5.24.